The predicted molar refractivity (Wildman–Crippen MR) is 61.2 cm³/mol. The average Bonchev–Trinajstić information content (AvgIpc) is 2.25. The van der Waals surface area contributed by atoms with Crippen molar-refractivity contribution in [1.82, 2.24) is 0 Å². The van der Waals surface area contributed by atoms with Gasteiger partial charge in [-0.1, -0.05) is 6.58 Å². The molecule has 0 aromatic heterocycles. The number of carbonyl (C=O) groups excluding carboxylic acids is 3. The van der Waals surface area contributed by atoms with E-state index in [1.807, 2.05) is 0 Å². The zero-order valence-corrected chi connectivity index (χ0v) is 10.2. The zero-order valence-electron chi connectivity index (χ0n) is 10.2. The summed E-state index contributed by atoms with van der Waals surface area (Å²) in [4.78, 5) is 34.3. The van der Waals surface area contributed by atoms with Gasteiger partial charge in [0.1, 0.15) is 5.57 Å². The highest BCUT2D eigenvalue weighted by molar-refractivity contribution is 6.25. The second kappa shape index (κ2) is 7.38. The summed E-state index contributed by atoms with van der Waals surface area (Å²) in [6.07, 6.45) is 0.832. The molecule has 0 aromatic rings. The predicted octanol–water partition coefficient (Wildman–Crippen LogP) is 1.18. The minimum Gasteiger partial charge on any atom is -0.463 e. The van der Waals surface area contributed by atoms with E-state index in [4.69, 9.17) is 0 Å². The Labute approximate surface area is 100 Å². The lowest BCUT2D eigenvalue weighted by Crippen LogP contribution is -2.18. The summed E-state index contributed by atoms with van der Waals surface area (Å²) in [6, 6.07) is 0. The van der Waals surface area contributed by atoms with Crippen LogP contribution in [-0.2, 0) is 23.9 Å². The van der Waals surface area contributed by atoms with Gasteiger partial charge in [-0.2, -0.15) is 0 Å². The van der Waals surface area contributed by atoms with Crippen LogP contribution in [0.25, 0.3) is 0 Å². The van der Waals surface area contributed by atoms with Crippen molar-refractivity contribution in [3.05, 3.63) is 23.8 Å². The molecule has 0 heterocycles. The molecule has 0 unspecified atom stereocenters. The zero-order chi connectivity index (χ0) is 13.4. The summed E-state index contributed by atoms with van der Waals surface area (Å²) < 4.78 is 9.30. The van der Waals surface area contributed by atoms with Crippen molar-refractivity contribution in [1.29, 1.82) is 0 Å². The minimum atomic E-state index is -0.853. The van der Waals surface area contributed by atoms with Gasteiger partial charge >= 0.3 is 11.9 Å². The van der Waals surface area contributed by atoms with Crippen molar-refractivity contribution in [3.8, 4) is 0 Å². The summed E-state index contributed by atoms with van der Waals surface area (Å²) in [7, 11) is 0. The van der Waals surface area contributed by atoms with Crippen LogP contribution in [0.2, 0.25) is 0 Å². The highest BCUT2D eigenvalue weighted by atomic mass is 16.5. The van der Waals surface area contributed by atoms with Crippen molar-refractivity contribution < 1.29 is 23.9 Å². The van der Waals surface area contributed by atoms with Crippen LogP contribution in [0.1, 0.15) is 20.8 Å². The van der Waals surface area contributed by atoms with Gasteiger partial charge in [-0.3, -0.25) is 4.79 Å². The van der Waals surface area contributed by atoms with E-state index in [1.54, 1.807) is 13.8 Å². The van der Waals surface area contributed by atoms with Crippen molar-refractivity contribution >= 4 is 17.7 Å². The second-order valence-corrected chi connectivity index (χ2v) is 3.14. The molecule has 0 bridgehead atoms. The Balaban J connectivity index is 5.10. The lowest BCUT2D eigenvalue weighted by atomic mass is 10.1. The lowest BCUT2D eigenvalue weighted by molar-refractivity contribution is -0.142. The van der Waals surface area contributed by atoms with Gasteiger partial charge in [0, 0.05) is 6.08 Å². The fourth-order valence-corrected chi connectivity index (χ4v) is 0.958. The van der Waals surface area contributed by atoms with E-state index < -0.39 is 17.7 Å². The first-order valence-corrected chi connectivity index (χ1v) is 5.19. The fourth-order valence-electron chi connectivity index (χ4n) is 0.958. The van der Waals surface area contributed by atoms with Gasteiger partial charge < -0.3 is 9.47 Å². The van der Waals surface area contributed by atoms with Crippen LogP contribution >= 0.6 is 0 Å². The number of rotatable bonds is 6. The monoisotopic (exact) mass is 240 g/mol. The van der Waals surface area contributed by atoms with Crippen LogP contribution in [-0.4, -0.2) is 30.9 Å². The molecule has 0 amide bonds. The Bertz CT molecular complexity index is 365. The Morgan fingerprint density at radius 2 is 1.65 bits per heavy atom. The standard InChI is InChI=1S/C12H16O5/c1-5-16-10(13)7-9(11(14)8(3)4)12(15)17-6-2/h7H,3,5-6H2,1-2,4H3. The summed E-state index contributed by atoms with van der Waals surface area (Å²) >= 11 is 0. The Hall–Kier alpha value is -1.91. The van der Waals surface area contributed by atoms with Crippen LogP contribution in [0.3, 0.4) is 0 Å². The number of ketones is 1. The molecule has 0 radical (unpaired) electrons. The molecule has 0 aliphatic heterocycles. The number of esters is 2. The van der Waals surface area contributed by atoms with Crippen molar-refractivity contribution in [2.24, 2.45) is 0 Å². The molecule has 5 nitrogen and oxygen atoms in total. The number of Topliss-reactive ketones (excluding diaryl/α,β-unsaturated/α-hetero) is 1. The number of hydrogen-bond acceptors (Lipinski definition) is 5. The van der Waals surface area contributed by atoms with Crippen molar-refractivity contribution in [3.63, 3.8) is 0 Å². The molecule has 0 spiro atoms. The highest BCUT2D eigenvalue weighted by Gasteiger charge is 2.21. The van der Waals surface area contributed by atoms with E-state index in [1.165, 1.54) is 6.92 Å². The van der Waals surface area contributed by atoms with Gasteiger partial charge in [0.05, 0.1) is 13.2 Å². The molecule has 0 saturated carbocycles. The molecule has 17 heavy (non-hydrogen) atoms. The topological polar surface area (TPSA) is 69.7 Å². The van der Waals surface area contributed by atoms with E-state index in [9.17, 15) is 14.4 Å². The van der Waals surface area contributed by atoms with Crippen LogP contribution in [0.15, 0.2) is 23.8 Å². The number of hydrogen-bond donors (Lipinski definition) is 0. The first-order valence-electron chi connectivity index (χ1n) is 5.19. The Morgan fingerprint density at radius 3 is 2.06 bits per heavy atom. The van der Waals surface area contributed by atoms with Crippen molar-refractivity contribution in [2.45, 2.75) is 20.8 Å². The van der Waals surface area contributed by atoms with E-state index in [2.05, 4.69) is 16.1 Å². The minimum absolute atomic E-state index is 0.114. The summed E-state index contributed by atoms with van der Waals surface area (Å²) in [5, 5.41) is 0. The van der Waals surface area contributed by atoms with Gasteiger partial charge in [0.25, 0.3) is 0 Å². The second-order valence-electron chi connectivity index (χ2n) is 3.14. The molecule has 0 aliphatic rings. The third-order valence-corrected chi connectivity index (χ3v) is 1.68. The number of ether oxygens (including phenoxy) is 2. The molecule has 0 atom stereocenters. The molecule has 0 N–H and O–H groups in total. The van der Waals surface area contributed by atoms with Gasteiger partial charge in [-0.25, -0.2) is 9.59 Å². The molecule has 0 rings (SSSR count). The van der Waals surface area contributed by atoms with Gasteiger partial charge in [-0.15, -0.1) is 0 Å². The van der Waals surface area contributed by atoms with Crippen molar-refractivity contribution in [2.75, 3.05) is 13.2 Å². The average molecular weight is 240 g/mol. The largest absolute Gasteiger partial charge is 0.463 e. The highest BCUT2D eigenvalue weighted by Crippen LogP contribution is 2.07. The Morgan fingerprint density at radius 1 is 1.12 bits per heavy atom. The quantitative estimate of drug-likeness (QED) is 0.302. The normalized spacial score (nSPS) is 10.6. The lowest BCUT2D eigenvalue weighted by Gasteiger charge is -2.05. The maximum atomic E-state index is 11.6. The summed E-state index contributed by atoms with van der Waals surface area (Å²) in [5.41, 5.74) is -0.216. The molecular weight excluding hydrogens is 224 g/mol. The third kappa shape index (κ3) is 5.10. The first kappa shape index (κ1) is 15.1. The number of allylic oxidation sites excluding steroid dienone is 1. The van der Waals surface area contributed by atoms with Crippen LogP contribution in [0.5, 0.6) is 0 Å². The molecule has 5 heteroatoms. The first-order chi connectivity index (χ1) is 7.93. The summed E-state index contributed by atoms with van der Waals surface area (Å²) in [6.45, 7) is 8.36. The van der Waals surface area contributed by atoms with E-state index in [0.717, 1.165) is 6.08 Å². The smallest absolute Gasteiger partial charge is 0.342 e. The SMILES string of the molecule is C=C(C)C(=O)C(=CC(=O)OCC)C(=O)OCC. The van der Waals surface area contributed by atoms with Gasteiger partial charge in [0.2, 0.25) is 0 Å². The Kier molecular flexibility index (Phi) is 6.55. The maximum absolute atomic E-state index is 11.6. The van der Waals surface area contributed by atoms with Crippen LogP contribution in [0.4, 0.5) is 0 Å². The summed E-state index contributed by atoms with van der Waals surface area (Å²) in [5.74, 6) is -2.24. The van der Waals surface area contributed by atoms with Crippen LogP contribution in [0, 0.1) is 0 Å². The fraction of sp³-hybridized carbons (Fsp3) is 0.417. The number of carbonyl (C=O) groups is 3. The van der Waals surface area contributed by atoms with E-state index in [0.29, 0.717) is 0 Å². The van der Waals surface area contributed by atoms with E-state index in [-0.39, 0.29) is 24.4 Å². The van der Waals surface area contributed by atoms with Gasteiger partial charge in [0.15, 0.2) is 5.78 Å². The molecule has 0 aliphatic carbocycles. The molecule has 0 saturated heterocycles. The van der Waals surface area contributed by atoms with Gasteiger partial charge in [-0.05, 0) is 26.3 Å². The van der Waals surface area contributed by atoms with Crippen LogP contribution < -0.4 is 0 Å². The molecule has 0 fully saturated rings. The molecule has 94 valence electrons. The molecule has 0 aromatic carbocycles. The molecular formula is C12H16O5. The third-order valence-electron chi connectivity index (χ3n) is 1.68. The van der Waals surface area contributed by atoms with E-state index >= 15 is 0 Å². The maximum Gasteiger partial charge on any atom is 0.342 e.